The van der Waals surface area contributed by atoms with E-state index in [4.69, 9.17) is 21.1 Å². The van der Waals surface area contributed by atoms with Crippen LogP contribution < -0.4 is 25.5 Å². The summed E-state index contributed by atoms with van der Waals surface area (Å²) in [5.74, 6) is -1.39. The number of hydrogen-bond acceptors (Lipinski definition) is 5. The van der Waals surface area contributed by atoms with Gasteiger partial charge in [0.2, 0.25) is 0 Å². The molecular formula is C25H21ClN4O5. The second-order valence-corrected chi connectivity index (χ2v) is 7.78. The highest BCUT2D eigenvalue weighted by atomic mass is 35.5. The minimum absolute atomic E-state index is 0.0940. The summed E-state index contributed by atoms with van der Waals surface area (Å²) < 4.78 is 11.6. The maximum absolute atomic E-state index is 13.1. The first kappa shape index (κ1) is 23.7. The number of halogens is 1. The Hall–Kier alpha value is -4.50. The topological polar surface area (TPSA) is 111 Å². The molecule has 4 aromatic rings. The van der Waals surface area contributed by atoms with Crippen molar-refractivity contribution in [2.45, 2.75) is 0 Å². The number of fused-ring (bicyclic) bond motifs is 1. The van der Waals surface area contributed by atoms with Crippen LogP contribution in [0.3, 0.4) is 0 Å². The zero-order valence-corrected chi connectivity index (χ0v) is 19.6. The van der Waals surface area contributed by atoms with Crippen LogP contribution in [0.1, 0.15) is 10.5 Å². The normalized spacial score (nSPS) is 10.5. The Bertz CT molecular complexity index is 1420. The van der Waals surface area contributed by atoms with Gasteiger partial charge in [0, 0.05) is 16.1 Å². The van der Waals surface area contributed by atoms with Crippen LogP contribution in [-0.2, 0) is 9.59 Å². The number of benzene rings is 3. The average molecular weight is 493 g/mol. The van der Waals surface area contributed by atoms with Crippen molar-refractivity contribution in [3.63, 3.8) is 0 Å². The number of carbonyl (C=O) groups excluding carboxylic acids is 3. The molecule has 0 saturated carbocycles. The first-order valence-electron chi connectivity index (χ1n) is 10.4. The van der Waals surface area contributed by atoms with Crippen LogP contribution in [0.5, 0.6) is 11.5 Å². The van der Waals surface area contributed by atoms with Gasteiger partial charge in [0.05, 0.1) is 25.4 Å². The first-order chi connectivity index (χ1) is 16.9. The van der Waals surface area contributed by atoms with Crippen molar-refractivity contribution in [1.82, 2.24) is 4.68 Å². The number of nitrogens with one attached hydrogen (secondary N) is 3. The fraction of sp³-hybridized carbons (Fsp3) is 0.0800. The summed E-state index contributed by atoms with van der Waals surface area (Å²) in [6, 6.07) is 19.9. The Labute approximate surface area is 205 Å². The lowest BCUT2D eigenvalue weighted by atomic mass is 10.2. The molecule has 0 atom stereocenters. The Kier molecular flexibility index (Phi) is 6.88. The predicted octanol–water partition coefficient (Wildman–Crippen LogP) is 4.27. The SMILES string of the molecule is COc1ccc(NC(=O)c2cc3cc(Cl)ccc3n2NC(=O)C(=O)Nc2ccccc2OC)cc1. The largest absolute Gasteiger partial charge is 0.497 e. The van der Waals surface area contributed by atoms with Gasteiger partial charge >= 0.3 is 11.8 Å². The highest BCUT2D eigenvalue weighted by Crippen LogP contribution is 2.25. The molecule has 9 nitrogen and oxygen atoms in total. The molecule has 178 valence electrons. The van der Waals surface area contributed by atoms with E-state index in [0.717, 1.165) is 0 Å². The van der Waals surface area contributed by atoms with Crippen LogP contribution in [0.15, 0.2) is 72.8 Å². The van der Waals surface area contributed by atoms with E-state index in [1.165, 1.54) is 11.8 Å². The molecule has 0 aliphatic carbocycles. The molecule has 0 bridgehead atoms. The van der Waals surface area contributed by atoms with Crippen molar-refractivity contribution in [1.29, 1.82) is 0 Å². The van der Waals surface area contributed by atoms with Crippen LogP contribution in [-0.4, -0.2) is 36.6 Å². The number of aromatic nitrogens is 1. The van der Waals surface area contributed by atoms with Crippen molar-refractivity contribution in [3.8, 4) is 11.5 Å². The van der Waals surface area contributed by atoms with Crippen LogP contribution in [0, 0.1) is 0 Å². The molecular weight excluding hydrogens is 472 g/mol. The van der Waals surface area contributed by atoms with Gasteiger partial charge in [-0.3, -0.25) is 19.8 Å². The van der Waals surface area contributed by atoms with Gasteiger partial charge in [0.15, 0.2) is 0 Å². The number of hydrogen-bond donors (Lipinski definition) is 3. The monoisotopic (exact) mass is 492 g/mol. The van der Waals surface area contributed by atoms with Gasteiger partial charge in [0.1, 0.15) is 17.2 Å². The summed E-state index contributed by atoms with van der Waals surface area (Å²) in [5, 5.41) is 6.33. The molecule has 0 fully saturated rings. The number of methoxy groups -OCH3 is 2. The van der Waals surface area contributed by atoms with E-state index in [9.17, 15) is 14.4 Å². The average Bonchev–Trinajstić information content (AvgIpc) is 3.22. The van der Waals surface area contributed by atoms with Gasteiger partial charge in [-0.1, -0.05) is 23.7 Å². The smallest absolute Gasteiger partial charge is 0.328 e. The van der Waals surface area contributed by atoms with Gasteiger partial charge in [-0.2, -0.15) is 0 Å². The Balaban J connectivity index is 1.61. The number of amides is 3. The molecule has 0 saturated heterocycles. The van der Waals surface area contributed by atoms with Crippen molar-refractivity contribution in [2.24, 2.45) is 0 Å². The Morgan fingerprint density at radius 2 is 1.57 bits per heavy atom. The molecule has 3 aromatic carbocycles. The van der Waals surface area contributed by atoms with Crippen LogP contribution in [0.4, 0.5) is 11.4 Å². The van der Waals surface area contributed by atoms with Gasteiger partial charge in [-0.25, -0.2) is 4.68 Å². The third kappa shape index (κ3) is 5.20. The molecule has 0 unspecified atom stereocenters. The molecule has 3 N–H and O–H groups in total. The van der Waals surface area contributed by atoms with Crippen molar-refractivity contribution >= 4 is 51.6 Å². The molecule has 4 rings (SSSR count). The maximum Gasteiger partial charge on any atom is 0.328 e. The number of para-hydroxylation sites is 2. The minimum atomic E-state index is -0.984. The lowest BCUT2D eigenvalue weighted by Gasteiger charge is -2.13. The zero-order valence-electron chi connectivity index (χ0n) is 18.8. The highest BCUT2D eigenvalue weighted by Gasteiger charge is 2.22. The summed E-state index contributed by atoms with van der Waals surface area (Å²) in [5.41, 5.74) is 3.92. The molecule has 0 aliphatic rings. The summed E-state index contributed by atoms with van der Waals surface area (Å²) in [7, 11) is 3.00. The van der Waals surface area contributed by atoms with Crippen molar-refractivity contribution in [2.75, 3.05) is 30.3 Å². The number of carbonyl (C=O) groups is 3. The summed E-state index contributed by atoms with van der Waals surface area (Å²) in [6.07, 6.45) is 0. The van der Waals surface area contributed by atoms with Gasteiger partial charge in [-0.15, -0.1) is 0 Å². The maximum atomic E-state index is 13.1. The second kappa shape index (κ2) is 10.2. The number of rotatable bonds is 6. The van der Waals surface area contributed by atoms with E-state index < -0.39 is 17.7 Å². The number of ether oxygens (including phenoxy) is 2. The highest BCUT2D eigenvalue weighted by molar-refractivity contribution is 6.42. The molecule has 0 radical (unpaired) electrons. The van der Waals surface area contributed by atoms with E-state index >= 15 is 0 Å². The third-order valence-corrected chi connectivity index (χ3v) is 5.35. The number of nitrogens with zero attached hydrogens (tertiary/aromatic N) is 1. The molecule has 1 aromatic heterocycles. The lowest BCUT2D eigenvalue weighted by molar-refractivity contribution is -0.133. The number of anilines is 2. The Morgan fingerprint density at radius 1 is 0.829 bits per heavy atom. The van der Waals surface area contributed by atoms with E-state index in [-0.39, 0.29) is 5.69 Å². The fourth-order valence-electron chi connectivity index (χ4n) is 3.42. The zero-order chi connectivity index (χ0) is 24.9. The quantitative estimate of drug-likeness (QED) is 0.348. The van der Waals surface area contributed by atoms with Crippen molar-refractivity contribution in [3.05, 3.63) is 83.5 Å². The van der Waals surface area contributed by atoms with Crippen LogP contribution in [0.2, 0.25) is 5.02 Å². The molecule has 0 spiro atoms. The fourth-order valence-corrected chi connectivity index (χ4v) is 3.60. The minimum Gasteiger partial charge on any atom is -0.497 e. The lowest BCUT2D eigenvalue weighted by Crippen LogP contribution is -2.36. The van der Waals surface area contributed by atoms with E-state index in [1.807, 2.05) is 0 Å². The van der Waals surface area contributed by atoms with E-state index in [1.54, 1.807) is 79.9 Å². The first-order valence-corrected chi connectivity index (χ1v) is 10.8. The van der Waals surface area contributed by atoms with Crippen molar-refractivity contribution < 1.29 is 23.9 Å². The molecule has 1 heterocycles. The molecule has 35 heavy (non-hydrogen) atoms. The van der Waals surface area contributed by atoms with Crippen LogP contribution >= 0.6 is 11.6 Å². The molecule has 0 aliphatic heterocycles. The predicted molar refractivity (Wildman–Crippen MR) is 134 cm³/mol. The van der Waals surface area contributed by atoms with E-state index in [0.29, 0.717) is 38.8 Å². The third-order valence-electron chi connectivity index (χ3n) is 5.12. The summed E-state index contributed by atoms with van der Waals surface area (Å²) in [4.78, 5) is 38.5. The summed E-state index contributed by atoms with van der Waals surface area (Å²) >= 11 is 6.11. The van der Waals surface area contributed by atoms with Gasteiger partial charge < -0.3 is 20.1 Å². The van der Waals surface area contributed by atoms with Gasteiger partial charge in [-0.05, 0) is 60.7 Å². The molecule has 10 heteroatoms. The van der Waals surface area contributed by atoms with Gasteiger partial charge in [0.25, 0.3) is 5.91 Å². The summed E-state index contributed by atoms with van der Waals surface area (Å²) in [6.45, 7) is 0. The van der Waals surface area contributed by atoms with Crippen LogP contribution in [0.25, 0.3) is 10.9 Å². The van der Waals surface area contributed by atoms with E-state index in [2.05, 4.69) is 16.1 Å². The standard InChI is InChI=1S/C25H21ClN4O5/c1-34-18-10-8-17(9-11-18)27-23(31)21-14-15-13-16(26)7-12-20(15)30(21)29-25(33)24(32)28-19-5-3-4-6-22(19)35-2/h3-14H,1-2H3,(H,27,31)(H,28,32)(H,29,33). The second-order valence-electron chi connectivity index (χ2n) is 7.35. The molecule has 3 amide bonds. The Morgan fingerprint density at radius 3 is 2.29 bits per heavy atom.